The molecule has 0 radical (unpaired) electrons. The largest absolute Gasteiger partial charge is 0.347 e. The summed E-state index contributed by atoms with van der Waals surface area (Å²) in [5.74, 6) is -0.110. The van der Waals surface area contributed by atoms with Crippen LogP contribution in [-0.4, -0.2) is 10.5 Å². The summed E-state index contributed by atoms with van der Waals surface area (Å²) in [6, 6.07) is 36.0. The highest BCUT2D eigenvalue weighted by molar-refractivity contribution is 6.31. The molecule has 0 saturated carbocycles. The first kappa shape index (κ1) is 21.0. The van der Waals surface area contributed by atoms with E-state index in [9.17, 15) is 4.79 Å². The van der Waals surface area contributed by atoms with Gasteiger partial charge < -0.3 is 9.88 Å². The Morgan fingerprint density at radius 1 is 0.758 bits per heavy atom. The zero-order valence-corrected chi connectivity index (χ0v) is 18.8. The summed E-state index contributed by atoms with van der Waals surface area (Å²) in [5, 5.41) is 4.75. The molecule has 1 amide bonds. The Bertz CT molecular complexity index is 1390. The third kappa shape index (κ3) is 4.41. The molecule has 33 heavy (non-hydrogen) atoms. The molecule has 1 heterocycles. The van der Waals surface area contributed by atoms with E-state index >= 15 is 0 Å². The topological polar surface area (TPSA) is 34.0 Å². The van der Waals surface area contributed by atoms with Crippen LogP contribution in [0.2, 0.25) is 5.02 Å². The normalized spacial score (nSPS) is 10.9. The van der Waals surface area contributed by atoms with Crippen molar-refractivity contribution < 1.29 is 4.79 Å². The number of hydrogen-bond donors (Lipinski definition) is 1. The number of nitrogens with zero attached hydrogens (tertiary/aromatic N) is 1. The molecule has 5 aromatic rings. The zero-order valence-electron chi connectivity index (χ0n) is 18.0. The molecule has 3 nitrogen and oxygen atoms in total. The van der Waals surface area contributed by atoms with Crippen LogP contribution in [0.3, 0.4) is 0 Å². The summed E-state index contributed by atoms with van der Waals surface area (Å²) in [4.78, 5) is 13.7. The van der Waals surface area contributed by atoms with Gasteiger partial charge in [-0.2, -0.15) is 0 Å². The predicted octanol–water partition coefficient (Wildman–Crippen LogP) is 6.94. The van der Waals surface area contributed by atoms with Crippen LogP contribution in [0.1, 0.15) is 21.6 Å². The minimum absolute atomic E-state index is 0.110. The molecule has 5 rings (SSSR count). The first-order chi connectivity index (χ1) is 16.2. The maximum Gasteiger partial charge on any atom is 0.268 e. The number of fused-ring (bicyclic) bond motifs is 1. The molecular weight excluding hydrogens is 428 g/mol. The third-order valence-corrected chi connectivity index (χ3v) is 6.02. The molecule has 0 atom stereocenters. The van der Waals surface area contributed by atoms with Crippen LogP contribution in [0.5, 0.6) is 0 Å². The van der Waals surface area contributed by atoms with E-state index in [0.29, 0.717) is 23.8 Å². The van der Waals surface area contributed by atoms with Crippen molar-refractivity contribution in [3.63, 3.8) is 0 Å². The lowest BCUT2D eigenvalue weighted by molar-refractivity contribution is 0.0943. The van der Waals surface area contributed by atoms with E-state index in [2.05, 4.69) is 22.0 Å². The van der Waals surface area contributed by atoms with Crippen LogP contribution in [-0.2, 0) is 13.1 Å². The Morgan fingerprint density at radius 3 is 2.03 bits per heavy atom. The number of aromatic nitrogens is 1. The Balaban J connectivity index is 1.68. The highest BCUT2D eigenvalue weighted by Gasteiger charge is 2.24. The summed E-state index contributed by atoms with van der Waals surface area (Å²) >= 11 is 6.41. The van der Waals surface area contributed by atoms with Crippen LogP contribution in [0, 0.1) is 0 Å². The smallest absolute Gasteiger partial charge is 0.268 e. The number of amides is 1. The number of hydrogen-bond acceptors (Lipinski definition) is 1. The van der Waals surface area contributed by atoms with E-state index in [0.717, 1.165) is 33.2 Å². The van der Waals surface area contributed by atoms with Crippen molar-refractivity contribution >= 4 is 28.4 Å². The number of carbonyl (C=O) groups is 1. The molecule has 0 unspecified atom stereocenters. The maximum atomic E-state index is 13.7. The molecule has 0 bridgehead atoms. The average Bonchev–Trinajstić information content (AvgIpc) is 3.17. The number of nitrogens with one attached hydrogen (secondary N) is 1. The van der Waals surface area contributed by atoms with Gasteiger partial charge in [-0.1, -0.05) is 103 Å². The van der Waals surface area contributed by atoms with Crippen molar-refractivity contribution in [2.75, 3.05) is 0 Å². The Hall–Kier alpha value is -3.82. The average molecular weight is 451 g/mol. The second-order valence-corrected chi connectivity index (χ2v) is 8.43. The number of carbonyl (C=O) groups excluding carboxylic acids is 1. The molecule has 0 saturated heterocycles. The summed E-state index contributed by atoms with van der Waals surface area (Å²) in [6.07, 6.45) is 0. The summed E-state index contributed by atoms with van der Waals surface area (Å²) in [5.41, 5.74) is 5.68. The van der Waals surface area contributed by atoms with Gasteiger partial charge in [-0.05, 0) is 34.9 Å². The van der Waals surface area contributed by atoms with Crippen LogP contribution in [0.25, 0.3) is 22.0 Å². The lowest BCUT2D eigenvalue weighted by Gasteiger charge is -2.13. The van der Waals surface area contributed by atoms with E-state index in [-0.39, 0.29) is 5.91 Å². The highest BCUT2D eigenvalue weighted by Crippen LogP contribution is 2.37. The lowest BCUT2D eigenvalue weighted by Crippen LogP contribution is -2.26. The molecule has 162 valence electrons. The van der Waals surface area contributed by atoms with Gasteiger partial charge in [-0.3, -0.25) is 4.79 Å². The van der Waals surface area contributed by atoms with E-state index in [1.54, 1.807) is 0 Å². The van der Waals surface area contributed by atoms with Gasteiger partial charge in [0.25, 0.3) is 5.91 Å². The van der Waals surface area contributed by atoms with Gasteiger partial charge in [0, 0.05) is 34.6 Å². The van der Waals surface area contributed by atoms with Gasteiger partial charge in [-0.15, -0.1) is 0 Å². The van der Waals surface area contributed by atoms with Crippen molar-refractivity contribution in [1.29, 1.82) is 0 Å². The van der Waals surface area contributed by atoms with E-state index in [4.69, 9.17) is 11.6 Å². The van der Waals surface area contributed by atoms with Gasteiger partial charge in [0.05, 0.1) is 0 Å². The zero-order chi connectivity index (χ0) is 22.6. The van der Waals surface area contributed by atoms with Gasteiger partial charge in [-0.25, -0.2) is 0 Å². The van der Waals surface area contributed by atoms with Crippen LogP contribution < -0.4 is 5.32 Å². The molecule has 4 aromatic carbocycles. The third-order valence-electron chi connectivity index (χ3n) is 5.78. The first-order valence-corrected chi connectivity index (χ1v) is 11.3. The second-order valence-electron chi connectivity index (χ2n) is 7.99. The molecule has 0 aliphatic carbocycles. The lowest BCUT2D eigenvalue weighted by atomic mass is 10.0. The minimum atomic E-state index is -0.110. The van der Waals surface area contributed by atoms with E-state index < -0.39 is 0 Å². The molecule has 1 N–H and O–H groups in total. The monoisotopic (exact) mass is 450 g/mol. The highest BCUT2D eigenvalue weighted by atomic mass is 35.5. The summed E-state index contributed by atoms with van der Waals surface area (Å²) in [7, 11) is 0. The molecule has 0 spiro atoms. The molecule has 4 heteroatoms. The molecule has 0 fully saturated rings. The van der Waals surface area contributed by atoms with Crippen molar-refractivity contribution in [1.82, 2.24) is 9.88 Å². The summed E-state index contributed by atoms with van der Waals surface area (Å²) in [6.45, 7) is 1.04. The fourth-order valence-corrected chi connectivity index (χ4v) is 4.42. The van der Waals surface area contributed by atoms with Crippen LogP contribution >= 0.6 is 11.6 Å². The van der Waals surface area contributed by atoms with Crippen LogP contribution in [0.4, 0.5) is 0 Å². The number of halogens is 1. The Morgan fingerprint density at radius 2 is 1.36 bits per heavy atom. The first-order valence-electron chi connectivity index (χ1n) is 10.9. The quantitative estimate of drug-likeness (QED) is 0.298. The molecular formula is C29H23ClN2O. The van der Waals surface area contributed by atoms with Crippen LogP contribution in [0.15, 0.2) is 109 Å². The fourth-order valence-electron chi connectivity index (χ4n) is 4.25. The van der Waals surface area contributed by atoms with Crippen molar-refractivity contribution in [3.05, 3.63) is 131 Å². The minimum Gasteiger partial charge on any atom is -0.347 e. The van der Waals surface area contributed by atoms with E-state index in [1.165, 1.54) is 0 Å². The second kappa shape index (κ2) is 9.35. The number of benzene rings is 4. The van der Waals surface area contributed by atoms with Gasteiger partial charge in [0.15, 0.2) is 0 Å². The number of rotatable bonds is 6. The molecule has 0 aliphatic heterocycles. The predicted molar refractivity (Wildman–Crippen MR) is 136 cm³/mol. The van der Waals surface area contributed by atoms with Gasteiger partial charge >= 0.3 is 0 Å². The summed E-state index contributed by atoms with van der Waals surface area (Å²) < 4.78 is 2.10. The SMILES string of the molecule is O=C(NCc1ccccc1)c1c(-c2ccccc2)c2cc(Cl)ccc2n1Cc1ccccc1. The fraction of sp³-hybridized carbons (Fsp3) is 0.0690. The maximum absolute atomic E-state index is 13.7. The van der Waals surface area contributed by atoms with Crippen molar-refractivity contribution in [3.8, 4) is 11.1 Å². The van der Waals surface area contributed by atoms with Crippen molar-refractivity contribution in [2.24, 2.45) is 0 Å². The molecule has 1 aromatic heterocycles. The Kier molecular flexibility index (Phi) is 5.97. The standard InChI is InChI=1S/C29H23ClN2O/c30-24-16-17-26-25(18-24)27(23-14-8-3-9-15-23)28(32(26)20-22-12-6-2-7-13-22)29(33)31-19-21-10-4-1-5-11-21/h1-18H,19-20H2,(H,31,33). The molecule has 0 aliphatic rings. The Labute approximate surface area is 198 Å². The van der Waals surface area contributed by atoms with Crippen molar-refractivity contribution in [2.45, 2.75) is 13.1 Å². The van der Waals surface area contributed by atoms with Gasteiger partial charge in [0.2, 0.25) is 0 Å². The van der Waals surface area contributed by atoms with Gasteiger partial charge in [0.1, 0.15) is 5.69 Å². The van der Waals surface area contributed by atoms with E-state index in [1.807, 2.05) is 97.1 Å².